The van der Waals surface area contributed by atoms with Crippen LogP contribution < -0.4 is 0 Å². The molecule has 11 heteroatoms. The Morgan fingerprint density at radius 2 is 1.92 bits per heavy atom. The lowest BCUT2D eigenvalue weighted by atomic mass is 9.88. The number of carbonyl (C=O) groups excluding carboxylic acids is 2. The van der Waals surface area contributed by atoms with E-state index in [9.17, 15) is 24.9 Å². The van der Waals surface area contributed by atoms with Gasteiger partial charge in [0.1, 0.15) is 11.7 Å². The van der Waals surface area contributed by atoms with Crippen LogP contribution in [0.5, 0.6) is 0 Å². The number of allylic oxidation sites excluding steroid dienone is 2. The molecule has 50 heavy (non-hydrogen) atoms. The number of methoxy groups -OCH3 is 1. The van der Waals surface area contributed by atoms with Gasteiger partial charge in [0.25, 0.3) is 0 Å². The summed E-state index contributed by atoms with van der Waals surface area (Å²) in [5.41, 5.74) is -1.33. The molecular weight excluding hydrogens is 640 g/mol. The maximum absolute atomic E-state index is 13.6. The molecule has 3 aliphatic heterocycles. The number of ether oxygens (including phenoxy) is 4. The highest BCUT2D eigenvalue weighted by Gasteiger charge is 2.47. The van der Waals surface area contributed by atoms with E-state index in [2.05, 4.69) is 4.90 Å². The molecule has 3 heterocycles. The van der Waals surface area contributed by atoms with Crippen molar-refractivity contribution in [2.75, 3.05) is 33.3 Å². The third-order valence-electron chi connectivity index (χ3n) is 11.4. The SMILES string of the molecule is CCC(O)C(C)C1OC1CC(C)(O)/C=C/C=C(\C)C1OC(=O)CC(O)CCC(C)(OC)C(OC(=O)N2CCCN(C3CCC3)CC2)/C=C/C1C. The van der Waals surface area contributed by atoms with Crippen LogP contribution in [0.3, 0.4) is 0 Å². The quantitative estimate of drug-likeness (QED) is 0.117. The normalized spacial score (nSPS) is 35.4. The van der Waals surface area contributed by atoms with Gasteiger partial charge in [0.15, 0.2) is 6.10 Å². The Bertz CT molecular complexity index is 1220. The van der Waals surface area contributed by atoms with E-state index in [1.165, 1.54) is 19.3 Å². The van der Waals surface area contributed by atoms with E-state index < -0.39 is 41.6 Å². The first-order chi connectivity index (χ1) is 23.7. The first kappa shape index (κ1) is 40.5. The van der Waals surface area contributed by atoms with Crippen LogP contribution >= 0.6 is 0 Å². The molecular formula is C39H64N2O9. The molecule has 2 saturated heterocycles. The number of esters is 1. The lowest BCUT2D eigenvalue weighted by molar-refractivity contribution is -0.151. The van der Waals surface area contributed by atoms with Gasteiger partial charge in [0.2, 0.25) is 0 Å². The van der Waals surface area contributed by atoms with E-state index in [-0.39, 0.29) is 43.0 Å². The van der Waals surface area contributed by atoms with Crippen LogP contribution in [-0.2, 0) is 23.7 Å². The zero-order valence-corrected chi connectivity index (χ0v) is 31.5. The minimum absolute atomic E-state index is 0.00230. The van der Waals surface area contributed by atoms with Gasteiger partial charge in [-0.05, 0) is 70.9 Å². The highest BCUT2D eigenvalue weighted by atomic mass is 16.6. The summed E-state index contributed by atoms with van der Waals surface area (Å²) in [4.78, 5) is 30.9. The fourth-order valence-electron chi connectivity index (χ4n) is 7.43. The first-order valence-corrected chi connectivity index (χ1v) is 18.9. The van der Waals surface area contributed by atoms with Crippen molar-refractivity contribution in [3.63, 3.8) is 0 Å². The van der Waals surface area contributed by atoms with Crippen LogP contribution in [0.1, 0.15) is 99.3 Å². The summed E-state index contributed by atoms with van der Waals surface area (Å²) < 4.78 is 23.9. The molecule has 0 aromatic heterocycles. The Hall–Kier alpha value is -2.28. The van der Waals surface area contributed by atoms with Crippen molar-refractivity contribution < 1.29 is 43.9 Å². The smallest absolute Gasteiger partial charge is 0.410 e. The van der Waals surface area contributed by atoms with Crippen LogP contribution in [0.15, 0.2) is 36.0 Å². The minimum Gasteiger partial charge on any atom is -0.457 e. The minimum atomic E-state index is -1.14. The third-order valence-corrected chi connectivity index (χ3v) is 11.4. The number of aliphatic hydroxyl groups is 3. The second kappa shape index (κ2) is 18.0. The number of amides is 1. The summed E-state index contributed by atoms with van der Waals surface area (Å²) in [6.45, 7) is 14.4. The van der Waals surface area contributed by atoms with E-state index in [1.807, 2.05) is 52.8 Å². The maximum atomic E-state index is 13.6. The average Bonchev–Trinajstić information content (AvgIpc) is 3.84. The highest BCUT2D eigenvalue weighted by Crippen LogP contribution is 2.38. The van der Waals surface area contributed by atoms with Crippen LogP contribution in [0.25, 0.3) is 0 Å². The summed E-state index contributed by atoms with van der Waals surface area (Å²) in [5.74, 6) is -0.826. The van der Waals surface area contributed by atoms with Gasteiger partial charge in [-0.15, -0.1) is 0 Å². The number of epoxide rings is 1. The standard InChI is InChI=1S/C39H64N2O9/c1-8-31(43)28(4)36-32(48-36)25-38(5,46)18-10-12-26(2)35-27(3)15-16-33(39(6,47-7)19-17-30(42)24-34(44)50-35)49-37(45)41-21-11-20-40(22-23-41)29-13-9-14-29/h10,12,15-16,18,27-33,35-36,42-43,46H,8-9,11,13-14,17,19-25H2,1-7H3/b16-15+,18-10+,26-12+. The fourth-order valence-corrected chi connectivity index (χ4v) is 7.43. The van der Waals surface area contributed by atoms with Gasteiger partial charge in [0.05, 0.1) is 36.4 Å². The molecule has 11 nitrogen and oxygen atoms in total. The summed E-state index contributed by atoms with van der Waals surface area (Å²) in [6.07, 6.45) is 11.8. The number of hydrogen-bond acceptors (Lipinski definition) is 10. The van der Waals surface area contributed by atoms with Gasteiger partial charge in [-0.3, -0.25) is 9.69 Å². The van der Waals surface area contributed by atoms with Crippen LogP contribution in [0, 0.1) is 11.8 Å². The van der Waals surface area contributed by atoms with Gasteiger partial charge < -0.3 is 39.2 Å². The highest BCUT2D eigenvalue weighted by molar-refractivity contribution is 5.70. The van der Waals surface area contributed by atoms with Crippen LogP contribution in [0.2, 0.25) is 0 Å². The Balaban J connectivity index is 1.47. The van der Waals surface area contributed by atoms with E-state index in [0.29, 0.717) is 38.4 Å². The van der Waals surface area contributed by atoms with Crippen LogP contribution in [-0.4, -0.2) is 124 Å². The molecule has 3 N–H and O–H groups in total. The van der Waals surface area contributed by atoms with Gasteiger partial charge in [0, 0.05) is 57.6 Å². The fraction of sp³-hybridized carbons (Fsp3) is 0.795. The monoisotopic (exact) mass is 704 g/mol. The second-order valence-corrected chi connectivity index (χ2v) is 15.6. The van der Waals surface area contributed by atoms with Crippen molar-refractivity contribution in [3.8, 4) is 0 Å². The van der Waals surface area contributed by atoms with Crippen molar-refractivity contribution >= 4 is 12.1 Å². The number of aliphatic hydroxyl groups excluding tert-OH is 2. The average molecular weight is 705 g/mol. The van der Waals surface area contributed by atoms with Gasteiger partial charge in [-0.1, -0.05) is 51.5 Å². The third kappa shape index (κ3) is 11.1. The summed E-state index contributed by atoms with van der Waals surface area (Å²) in [5, 5.41) is 32.1. The lowest BCUT2D eigenvalue weighted by Gasteiger charge is -2.37. The molecule has 10 unspecified atom stereocenters. The molecule has 1 saturated carbocycles. The summed E-state index contributed by atoms with van der Waals surface area (Å²) in [6, 6.07) is 0.633. The van der Waals surface area contributed by atoms with Gasteiger partial charge >= 0.3 is 12.1 Å². The molecule has 4 aliphatic rings. The van der Waals surface area contributed by atoms with Crippen molar-refractivity contribution in [2.45, 2.75) is 153 Å². The van der Waals surface area contributed by atoms with E-state index >= 15 is 0 Å². The second-order valence-electron chi connectivity index (χ2n) is 15.6. The number of hydrogen-bond donors (Lipinski definition) is 3. The zero-order valence-electron chi connectivity index (χ0n) is 31.5. The van der Waals surface area contributed by atoms with E-state index in [4.69, 9.17) is 18.9 Å². The number of cyclic esters (lactones) is 1. The Morgan fingerprint density at radius 3 is 2.58 bits per heavy atom. The molecule has 284 valence electrons. The molecule has 3 fully saturated rings. The van der Waals surface area contributed by atoms with Crippen molar-refractivity contribution in [1.29, 1.82) is 0 Å². The predicted octanol–water partition coefficient (Wildman–Crippen LogP) is 4.92. The Morgan fingerprint density at radius 1 is 1.18 bits per heavy atom. The Labute approximate surface area is 299 Å². The molecule has 1 amide bonds. The first-order valence-electron chi connectivity index (χ1n) is 18.9. The molecule has 0 bridgehead atoms. The molecule has 0 aromatic rings. The molecule has 0 radical (unpaired) electrons. The van der Waals surface area contributed by atoms with Crippen molar-refractivity contribution in [3.05, 3.63) is 36.0 Å². The molecule has 1 aliphatic carbocycles. The molecule has 0 aromatic carbocycles. The lowest BCUT2D eigenvalue weighted by Crippen LogP contribution is -2.47. The summed E-state index contributed by atoms with van der Waals surface area (Å²) in [7, 11) is 1.58. The number of carbonyl (C=O) groups is 2. The van der Waals surface area contributed by atoms with Crippen LogP contribution in [0.4, 0.5) is 4.79 Å². The Kier molecular flexibility index (Phi) is 14.6. The summed E-state index contributed by atoms with van der Waals surface area (Å²) >= 11 is 0. The molecule has 0 spiro atoms. The zero-order chi connectivity index (χ0) is 36.6. The van der Waals surface area contributed by atoms with Crippen molar-refractivity contribution in [1.82, 2.24) is 9.80 Å². The predicted molar refractivity (Wildman–Crippen MR) is 191 cm³/mol. The molecule has 10 atom stereocenters. The van der Waals surface area contributed by atoms with Gasteiger partial charge in [-0.25, -0.2) is 4.79 Å². The van der Waals surface area contributed by atoms with E-state index in [0.717, 1.165) is 25.1 Å². The maximum Gasteiger partial charge on any atom is 0.410 e. The largest absolute Gasteiger partial charge is 0.457 e. The topological polar surface area (TPSA) is 142 Å². The van der Waals surface area contributed by atoms with Crippen molar-refractivity contribution in [2.24, 2.45) is 11.8 Å². The molecule has 4 rings (SSSR count). The number of rotatable bonds is 11. The van der Waals surface area contributed by atoms with Gasteiger partial charge in [-0.2, -0.15) is 0 Å². The van der Waals surface area contributed by atoms with E-state index in [1.54, 1.807) is 31.1 Å². The number of nitrogens with zero attached hydrogens (tertiary/aromatic N) is 2.